The summed E-state index contributed by atoms with van der Waals surface area (Å²) in [6.07, 6.45) is 6.55. The van der Waals surface area contributed by atoms with Gasteiger partial charge in [0.15, 0.2) is 0 Å². The first-order valence-electron chi connectivity index (χ1n) is 7.77. The van der Waals surface area contributed by atoms with Gasteiger partial charge in [0.2, 0.25) is 0 Å². The second kappa shape index (κ2) is 4.15. The van der Waals surface area contributed by atoms with E-state index in [9.17, 15) is 5.26 Å². The Hall–Kier alpha value is -2.25. The third-order valence-corrected chi connectivity index (χ3v) is 5.67. The van der Waals surface area contributed by atoms with Crippen LogP contribution in [0.4, 0.5) is 0 Å². The minimum Gasteiger partial charge on any atom is -0.365 e. The molecule has 3 aliphatic carbocycles. The number of ether oxygens (including phenoxy) is 1. The van der Waals surface area contributed by atoms with Crippen LogP contribution in [0.15, 0.2) is 30.7 Å². The van der Waals surface area contributed by atoms with Crippen LogP contribution < -0.4 is 0 Å². The molecule has 108 valence electrons. The molecule has 0 N–H and O–H groups in total. The quantitative estimate of drug-likeness (QED) is 0.748. The zero-order chi connectivity index (χ0) is 14.7. The molecule has 0 saturated heterocycles. The van der Waals surface area contributed by atoms with Gasteiger partial charge in [0, 0.05) is 23.7 Å². The largest absolute Gasteiger partial charge is 0.365 e. The Balaban J connectivity index is 1.73. The van der Waals surface area contributed by atoms with E-state index in [2.05, 4.69) is 22.1 Å². The fraction of sp³-hybridized carbons (Fsp3) is 0.389. The molecule has 1 aromatic carbocycles. The molecule has 1 spiro atoms. The van der Waals surface area contributed by atoms with Crippen molar-refractivity contribution >= 4 is 0 Å². The van der Waals surface area contributed by atoms with E-state index in [1.807, 2.05) is 18.3 Å². The van der Waals surface area contributed by atoms with Gasteiger partial charge in [-0.3, -0.25) is 0 Å². The number of nitrogens with zero attached hydrogens (tertiary/aromatic N) is 3. The number of hydrogen-bond acceptors (Lipinski definition) is 4. The van der Waals surface area contributed by atoms with Crippen molar-refractivity contribution in [1.29, 1.82) is 5.26 Å². The van der Waals surface area contributed by atoms with Crippen molar-refractivity contribution in [3.63, 3.8) is 0 Å². The number of rotatable bonds is 0. The molecule has 1 saturated carbocycles. The highest BCUT2D eigenvalue weighted by Crippen LogP contribution is 2.61. The first kappa shape index (κ1) is 12.3. The van der Waals surface area contributed by atoms with Crippen molar-refractivity contribution in [3.05, 3.63) is 58.7 Å². The summed E-state index contributed by atoms with van der Waals surface area (Å²) in [7, 11) is 0. The van der Waals surface area contributed by atoms with Gasteiger partial charge >= 0.3 is 0 Å². The third kappa shape index (κ3) is 1.39. The molecule has 1 aromatic heterocycles. The first-order chi connectivity index (χ1) is 10.8. The fourth-order valence-corrected chi connectivity index (χ4v) is 4.53. The average molecular weight is 289 g/mol. The summed E-state index contributed by atoms with van der Waals surface area (Å²) in [6, 6.07) is 8.48. The van der Waals surface area contributed by atoms with Gasteiger partial charge in [-0.15, -0.1) is 0 Å². The minimum absolute atomic E-state index is 0.363. The molecule has 4 heteroatoms. The van der Waals surface area contributed by atoms with Crippen LogP contribution in [0, 0.1) is 17.2 Å². The lowest BCUT2D eigenvalue weighted by atomic mass is 9.53. The van der Waals surface area contributed by atoms with E-state index in [1.54, 1.807) is 6.33 Å². The molecule has 4 aliphatic rings. The van der Waals surface area contributed by atoms with Gasteiger partial charge in [0.05, 0.1) is 23.9 Å². The Morgan fingerprint density at radius 2 is 2.23 bits per heavy atom. The van der Waals surface area contributed by atoms with Crippen LogP contribution in [-0.2, 0) is 23.4 Å². The summed E-state index contributed by atoms with van der Waals surface area (Å²) in [6.45, 7) is 0.538. The molecule has 2 heterocycles. The van der Waals surface area contributed by atoms with E-state index >= 15 is 0 Å². The summed E-state index contributed by atoms with van der Waals surface area (Å²) < 4.78 is 6.42. The normalized spacial score (nSPS) is 30.9. The molecule has 1 unspecified atom stereocenters. The van der Waals surface area contributed by atoms with Crippen LogP contribution in [0.25, 0.3) is 0 Å². The maximum Gasteiger partial charge on any atom is 0.115 e. The Bertz CT molecular complexity index is 819. The number of fused-ring (bicyclic) bond motifs is 1. The lowest BCUT2D eigenvalue weighted by molar-refractivity contribution is -0.151. The molecule has 1 fully saturated rings. The maximum atomic E-state index is 9.57. The highest BCUT2D eigenvalue weighted by atomic mass is 16.5. The van der Waals surface area contributed by atoms with Gasteiger partial charge in [0.1, 0.15) is 11.9 Å². The molecular weight excluding hydrogens is 274 g/mol. The van der Waals surface area contributed by atoms with E-state index in [0.717, 1.165) is 28.8 Å². The first-order valence-corrected chi connectivity index (χ1v) is 7.77. The van der Waals surface area contributed by atoms with Gasteiger partial charge in [-0.2, -0.15) is 5.26 Å². The van der Waals surface area contributed by atoms with Crippen LogP contribution in [0.5, 0.6) is 0 Å². The topological polar surface area (TPSA) is 58.8 Å². The lowest BCUT2D eigenvalue weighted by Crippen LogP contribution is -2.53. The van der Waals surface area contributed by atoms with E-state index in [1.165, 1.54) is 18.4 Å². The van der Waals surface area contributed by atoms with Gasteiger partial charge in [-0.25, -0.2) is 9.97 Å². The van der Waals surface area contributed by atoms with Crippen LogP contribution in [0.1, 0.15) is 46.7 Å². The number of nitriles is 1. The molecular formula is C18H15N3O. The molecule has 0 radical (unpaired) electrons. The summed E-state index contributed by atoms with van der Waals surface area (Å²) in [5.41, 5.74) is 5.01. The van der Waals surface area contributed by atoms with Crippen molar-refractivity contribution in [1.82, 2.24) is 9.97 Å². The summed E-state index contributed by atoms with van der Waals surface area (Å²) >= 11 is 0. The van der Waals surface area contributed by atoms with Crippen molar-refractivity contribution in [2.24, 2.45) is 5.92 Å². The van der Waals surface area contributed by atoms with Crippen molar-refractivity contribution in [3.8, 4) is 6.07 Å². The Morgan fingerprint density at radius 1 is 1.32 bits per heavy atom. The molecule has 1 aliphatic heterocycles. The van der Waals surface area contributed by atoms with E-state index < -0.39 is 0 Å². The van der Waals surface area contributed by atoms with Crippen LogP contribution in [-0.4, -0.2) is 9.97 Å². The third-order valence-electron chi connectivity index (χ3n) is 5.67. The van der Waals surface area contributed by atoms with Gasteiger partial charge < -0.3 is 4.74 Å². The molecule has 0 amide bonds. The lowest BCUT2D eigenvalue weighted by Gasteiger charge is -2.56. The van der Waals surface area contributed by atoms with Crippen LogP contribution in [0.2, 0.25) is 0 Å². The van der Waals surface area contributed by atoms with E-state index in [4.69, 9.17) is 4.74 Å². The molecule has 4 nitrogen and oxygen atoms in total. The molecule has 2 aromatic rings. The SMILES string of the molecule is N#Cc1cccc2c1C1(Cc3ncncc3CO1)C1CC2C1. The molecule has 6 rings (SSSR count). The second-order valence-corrected chi connectivity index (χ2v) is 6.60. The number of aromatic nitrogens is 2. The van der Waals surface area contributed by atoms with Crippen molar-refractivity contribution in [2.45, 2.75) is 37.4 Å². The highest BCUT2D eigenvalue weighted by molar-refractivity contribution is 5.53. The Kier molecular flexibility index (Phi) is 2.32. The zero-order valence-electron chi connectivity index (χ0n) is 12.1. The summed E-state index contributed by atoms with van der Waals surface area (Å²) in [5, 5.41) is 9.57. The van der Waals surface area contributed by atoms with Crippen LogP contribution >= 0.6 is 0 Å². The molecule has 1 atom stereocenters. The second-order valence-electron chi connectivity index (χ2n) is 6.60. The monoisotopic (exact) mass is 289 g/mol. The van der Waals surface area contributed by atoms with Gasteiger partial charge in [-0.1, -0.05) is 12.1 Å². The van der Waals surface area contributed by atoms with Gasteiger partial charge in [-0.05, 0) is 36.3 Å². The zero-order valence-corrected chi connectivity index (χ0v) is 12.1. The fourth-order valence-electron chi connectivity index (χ4n) is 4.53. The standard InChI is InChI=1S/C18H15N3O/c19-7-11-2-1-3-15-12-4-14(5-12)18(17(11)15)6-16-13(9-22-18)8-20-10-21-16/h1-3,8,10,12,14H,4-6,9H2. The highest BCUT2D eigenvalue weighted by Gasteiger charge is 2.57. The number of hydrogen-bond donors (Lipinski definition) is 0. The summed E-state index contributed by atoms with van der Waals surface area (Å²) in [5.74, 6) is 1.11. The maximum absolute atomic E-state index is 9.57. The van der Waals surface area contributed by atoms with Crippen molar-refractivity contribution in [2.75, 3.05) is 0 Å². The average Bonchev–Trinajstić information content (AvgIpc) is 2.53. The van der Waals surface area contributed by atoms with Crippen LogP contribution in [0.3, 0.4) is 0 Å². The summed E-state index contributed by atoms with van der Waals surface area (Å²) in [4.78, 5) is 8.57. The smallest absolute Gasteiger partial charge is 0.115 e. The van der Waals surface area contributed by atoms with E-state index in [-0.39, 0.29) is 5.60 Å². The Morgan fingerprint density at radius 3 is 3.09 bits per heavy atom. The predicted octanol–water partition coefficient (Wildman–Crippen LogP) is 2.82. The Labute approximate surface area is 128 Å². The molecule has 22 heavy (non-hydrogen) atoms. The molecule has 2 bridgehead atoms. The number of benzene rings is 1. The predicted molar refractivity (Wildman–Crippen MR) is 78.8 cm³/mol. The minimum atomic E-state index is -0.363. The van der Waals surface area contributed by atoms with Crippen molar-refractivity contribution < 1.29 is 4.74 Å². The van der Waals surface area contributed by atoms with E-state index in [0.29, 0.717) is 18.4 Å². The van der Waals surface area contributed by atoms with Gasteiger partial charge in [0.25, 0.3) is 0 Å².